The van der Waals surface area contributed by atoms with Crippen LogP contribution in [0.15, 0.2) is 0 Å². The molecule has 0 aromatic heterocycles. The third kappa shape index (κ3) is 3.28. The topological polar surface area (TPSA) is 29.3 Å². The van der Waals surface area contributed by atoms with Gasteiger partial charge in [-0.25, -0.2) is 0 Å². The first-order valence-electron chi connectivity index (χ1n) is 5.71. The molecule has 1 heterocycles. The second kappa shape index (κ2) is 5.61. The van der Waals surface area contributed by atoms with Gasteiger partial charge >= 0.3 is 0 Å². The maximum Gasteiger partial charge on any atom is 0.00984 e. The monoisotopic (exact) mass is 184 g/mol. The van der Waals surface area contributed by atoms with Crippen molar-refractivity contribution in [3.8, 4) is 0 Å². The van der Waals surface area contributed by atoms with Crippen molar-refractivity contribution < 1.29 is 0 Å². The van der Waals surface area contributed by atoms with Crippen molar-refractivity contribution in [3.63, 3.8) is 0 Å². The van der Waals surface area contributed by atoms with Gasteiger partial charge in [-0.05, 0) is 52.6 Å². The summed E-state index contributed by atoms with van der Waals surface area (Å²) in [7, 11) is 0. The summed E-state index contributed by atoms with van der Waals surface area (Å²) in [6.07, 6.45) is 6.68. The lowest BCUT2D eigenvalue weighted by molar-refractivity contribution is 0.104. The summed E-state index contributed by atoms with van der Waals surface area (Å²) in [6.45, 7) is 6.76. The Balaban J connectivity index is 2.37. The molecule has 1 unspecified atom stereocenters. The molecular weight excluding hydrogens is 160 g/mol. The average Bonchev–Trinajstić information content (AvgIpc) is 2.15. The van der Waals surface area contributed by atoms with Gasteiger partial charge in [-0.1, -0.05) is 6.42 Å². The van der Waals surface area contributed by atoms with Gasteiger partial charge in [0.2, 0.25) is 0 Å². The molecule has 1 aliphatic heterocycles. The maximum atomic E-state index is 5.55. The Bertz CT molecular complexity index is 134. The standard InChI is InChI=1S/C11H24N2/c1-10(2)13-9-4-3-6-11(13)7-5-8-12/h10-11H,3-9,12H2,1-2H3. The predicted molar refractivity (Wildman–Crippen MR) is 57.8 cm³/mol. The number of nitrogens with zero attached hydrogens (tertiary/aromatic N) is 1. The quantitative estimate of drug-likeness (QED) is 0.724. The molecule has 13 heavy (non-hydrogen) atoms. The van der Waals surface area contributed by atoms with E-state index >= 15 is 0 Å². The first kappa shape index (κ1) is 11.0. The van der Waals surface area contributed by atoms with E-state index in [1.807, 2.05) is 0 Å². The number of likely N-dealkylation sites (tertiary alicyclic amines) is 1. The van der Waals surface area contributed by atoms with E-state index < -0.39 is 0 Å². The van der Waals surface area contributed by atoms with E-state index in [4.69, 9.17) is 5.73 Å². The van der Waals surface area contributed by atoms with Crippen molar-refractivity contribution in [3.05, 3.63) is 0 Å². The fraction of sp³-hybridized carbons (Fsp3) is 1.00. The molecule has 0 radical (unpaired) electrons. The Morgan fingerprint density at radius 1 is 1.38 bits per heavy atom. The highest BCUT2D eigenvalue weighted by atomic mass is 15.2. The van der Waals surface area contributed by atoms with Crippen molar-refractivity contribution in [2.24, 2.45) is 5.73 Å². The van der Waals surface area contributed by atoms with Gasteiger partial charge in [0.05, 0.1) is 0 Å². The Hall–Kier alpha value is -0.0800. The molecular formula is C11H24N2. The van der Waals surface area contributed by atoms with E-state index in [-0.39, 0.29) is 0 Å². The Morgan fingerprint density at radius 2 is 2.15 bits per heavy atom. The summed E-state index contributed by atoms with van der Waals surface area (Å²) < 4.78 is 0. The molecule has 0 aromatic rings. The summed E-state index contributed by atoms with van der Waals surface area (Å²) in [5, 5.41) is 0. The summed E-state index contributed by atoms with van der Waals surface area (Å²) in [4.78, 5) is 2.65. The van der Waals surface area contributed by atoms with Gasteiger partial charge in [0.25, 0.3) is 0 Å². The molecule has 0 spiro atoms. The molecule has 0 saturated carbocycles. The van der Waals surface area contributed by atoms with Gasteiger partial charge in [-0.3, -0.25) is 4.90 Å². The second-order valence-electron chi connectivity index (χ2n) is 4.41. The molecule has 2 N–H and O–H groups in total. The molecule has 1 saturated heterocycles. The third-order valence-electron chi connectivity index (χ3n) is 3.08. The van der Waals surface area contributed by atoms with Crippen LogP contribution in [0, 0.1) is 0 Å². The molecule has 0 aliphatic carbocycles. The fourth-order valence-electron chi connectivity index (χ4n) is 2.37. The molecule has 0 aromatic carbocycles. The van der Waals surface area contributed by atoms with Crippen LogP contribution >= 0.6 is 0 Å². The number of hydrogen-bond donors (Lipinski definition) is 1. The van der Waals surface area contributed by atoms with Gasteiger partial charge in [0.1, 0.15) is 0 Å². The minimum atomic E-state index is 0.711. The maximum absolute atomic E-state index is 5.55. The Morgan fingerprint density at radius 3 is 2.77 bits per heavy atom. The van der Waals surface area contributed by atoms with Gasteiger partial charge in [0, 0.05) is 12.1 Å². The van der Waals surface area contributed by atoms with Gasteiger partial charge in [-0.15, -0.1) is 0 Å². The van der Waals surface area contributed by atoms with Crippen LogP contribution in [0.1, 0.15) is 46.0 Å². The van der Waals surface area contributed by atoms with Crippen LogP contribution in [-0.4, -0.2) is 30.1 Å². The van der Waals surface area contributed by atoms with Crippen molar-refractivity contribution in [2.45, 2.75) is 58.0 Å². The summed E-state index contributed by atoms with van der Waals surface area (Å²) in [6, 6.07) is 1.53. The van der Waals surface area contributed by atoms with Crippen molar-refractivity contribution in [2.75, 3.05) is 13.1 Å². The van der Waals surface area contributed by atoms with E-state index in [0.717, 1.165) is 12.6 Å². The normalized spacial score (nSPS) is 25.4. The van der Waals surface area contributed by atoms with Gasteiger partial charge < -0.3 is 5.73 Å². The largest absolute Gasteiger partial charge is 0.330 e. The van der Waals surface area contributed by atoms with Crippen LogP contribution in [0.4, 0.5) is 0 Å². The van der Waals surface area contributed by atoms with Crippen LogP contribution < -0.4 is 5.73 Å². The molecule has 0 amide bonds. The highest BCUT2D eigenvalue weighted by molar-refractivity contribution is 4.79. The minimum Gasteiger partial charge on any atom is -0.330 e. The van der Waals surface area contributed by atoms with Crippen LogP contribution in [0.2, 0.25) is 0 Å². The Labute approximate surface area is 82.5 Å². The van der Waals surface area contributed by atoms with Crippen molar-refractivity contribution in [1.29, 1.82) is 0 Å². The zero-order valence-electron chi connectivity index (χ0n) is 9.13. The molecule has 1 fully saturated rings. The summed E-state index contributed by atoms with van der Waals surface area (Å²) in [5.74, 6) is 0. The summed E-state index contributed by atoms with van der Waals surface area (Å²) >= 11 is 0. The van der Waals surface area contributed by atoms with Crippen LogP contribution in [0.25, 0.3) is 0 Å². The first-order chi connectivity index (χ1) is 6.25. The lowest BCUT2D eigenvalue weighted by atomic mass is 9.96. The Kier molecular flexibility index (Phi) is 4.74. The van der Waals surface area contributed by atoms with Crippen LogP contribution in [0.5, 0.6) is 0 Å². The second-order valence-corrected chi connectivity index (χ2v) is 4.41. The zero-order chi connectivity index (χ0) is 9.68. The van der Waals surface area contributed by atoms with E-state index in [0.29, 0.717) is 6.04 Å². The molecule has 2 heteroatoms. The molecule has 1 atom stereocenters. The highest BCUT2D eigenvalue weighted by Gasteiger charge is 2.23. The van der Waals surface area contributed by atoms with Crippen LogP contribution in [-0.2, 0) is 0 Å². The lowest BCUT2D eigenvalue weighted by Crippen LogP contribution is -2.43. The number of piperidine rings is 1. The molecule has 78 valence electrons. The smallest absolute Gasteiger partial charge is 0.00984 e. The number of rotatable bonds is 4. The van der Waals surface area contributed by atoms with Crippen LogP contribution in [0.3, 0.4) is 0 Å². The van der Waals surface area contributed by atoms with E-state index in [1.165, 1.54) is 38.6 Å². The van der Waals surface area contributed by atoms with E-state index in [9.17, 15) is 0 Å². The van der Waals surface area contributed by atoms with Gasteiger partial charge in [0.15, 0.2) is 0 Å². The van der Waals surface area contributed by atoms with Crippen molar-refractivity contribution >= 4 is 0 Å². The average molecular weight is 184 g/mol. The molecule has 2 nitrogen and oxygen atoms in total. The highest BCUT2D eigenvalue weighted by Crippen LogP contribution is 2.22. The zero-order valence-corrected chi connectivity index (χ0v) is 9.13. The summed E-state index contributed by atoms with van der Waals surface area (Å²) in [5.41, 5.74) is 5.55. The third-order valence-corrected chi connectivity index (χ3v) is 3.08. The van der Waals surface area contributed by atoms with Gasteiger partial charge in [-0.2, -0.15) is 0 Å². The molecule has 1 rings (SSSR count). The fourth-order valence-corrected chi connectivity index (χ4v) is 2.37. The molecule has 1 aliphatic rings. The van der Waals surface area contributed by atoms with E-state index in [1.54, 1.807) is 0 Å². The van der Waals surface area contributed by atoms with Crippen molar-refractivity contribution in [1.82, 2.24) is 4.90 Å². The molecule has 0 bridgehead atoms. The van der Waals surface area contributed by atoms with E-state index in [2.05, 4.69) is 18.7 Å². The predicted octanol–water partition coefficient (Wildman–Crippen LogP) is 1.99. The number of nitrogens with two attached hydrogens (primary N) is 1. The minimum absolute atomic E-state index is 0.711. The SMILES string of the molecule is CC(C)N1CCCCC1CCCN. The number of hydrogen-bond acceptors (Lipinski definition) is 2. The lowest BCUT2D eigenvalue weighted by Gasteiger charge is -2.38. The first-order valence-corrected chi connectivity index (χ1v) is 5.71.